The molecule has 0 bridgehead atoms. The van der Waals surface area contributed by atoms with Crippen LogP contribution in [0.3, 0.4) is 0 Å². The predicted octanol–water partition coefficient (Wildman–Crippen LogP) is 3.64. The van der Waals surface area contributed by atoms with Crippen molar-refractivity contribution in [3.63, 3.8) is 0 Å². The summed E-state index contributed by atoms with van der Waals surface area (Å²) in [7, 11) is 0. The summed E-state index contributed by atoms with van der Waals surface area (Å²) >= 11 is 1.42. The average molecular weight is 396 g/mol. The second kappa shape index (κ2) is 9.50. The number of aromatic nitrogens is 4. The van der Waals surface area contributed by atoms with Gasteiger partial charge in [-0.05, 0) is 30.5 Å². The van der Waals surface area contributed by atoms with Crippen LogP contribution in [0.25, 0.3) is 11.4 Å². The van der Waals surface area contributed by atoms with Crippen molar-refractivity contribution in [1.82, 2.24) is 25.1 Å². The molecule has 2 heterocycles. The van der Waals surface area contributed by atoms with E-state index in [4.69, 9.17) is 0 Å². The number of amides is 1. The van der Waals surface area contributed by atoms with Crippen LogP contribution in [0.2, 0.25) is 0 Å². The molecule has 3 aromatic rings. The lowest BCUT2D eigenvalue weighted by Gasteiger charge is -2.14. The van der Waals surface area contributed by atoms with Crippen LogP contribution in [0.4, 0.5) is 0 Å². The highest BCUT2D eigenvalue weighted by Crippen LogP contribution is 2.27. The molecule has 1 N–H and O–H groups in total. The third-order valence-electron chi connectivity index (χ3n) is 4.16. The first-order chi connectivity index (χ1) is 13.5. The van der Waals surface area contributed by atoms with E-state index in [2.05, 4.69) is 46.5 Å². The highest BCUT2D eigenvalue weighted by Gasteiger charge is 2.21. The SMILES string of the molecule is CC(C)CNC(=O)C(C)Sc1nnc(-c2cccnc2)n1Cc1ccccc1. The zero-order valence-electron chi connectivity index (χ0n) is 16.4. The molecule has 0 spiro atoms. The molecule has 0 aliphatic rings. The van der Waals surface area contributed by atoms with Crippen molar-refractivity contribution < 1.29 is 4.79 Å². The van der Waals surface area contributed by atoms with Crippen molar-refractivity contribution in [2.45, 2.75) is 37.7 Å². The maximum atomic E-state index is 12.4. The molecule has 1 amide bonds. The molecular formula is C21H25N5OS. The Morgan fingerprint density at radius 2 is 1.89 bits per heavy atom. The fourth-order valence-electron chi connectivity index (χ4n) is 2.65. The summed E-state index contributed by atoms with van der Waals surface area (Å²) < 4.78 is 2.04. The van der Waals surface area contributed by atoms with E-state index >= 15 is 0 Å². The molecule has 2 aromatic heterocycles. The summed E-state index contributed by atoms with van der Waals surface area (Å²) in [5.74, 6) is 1.17. The Morgan fingerprint density at radius 3 is 2.57 bits per heavy atom. The van der Waals surface area contributed by atoms with Gasteiger partial charge in [0.05, 0.1) is 11.8 Å². The molecule has 0 saturated carbocycles. The van der Waals surface area contributed by atoms with Gasteiger partial charge in [0.25, 0.3) is 0 Å². The van der Waals surface area contributed by atoms with E-state index in [-0.39, 0.29) is 11.2 Å². The molecule has 0 radical (unpaired) electrons. The number of carbonyl (C=O) groups excluding carboxylic acids is 1. The van der Waals surface area contributed by atoms with Crippen LogP contribution >= 0.6 is 11.8 Å². The molecule has 7 heteroatoms. The first-order valence-corrected chi connectivity index (χ1v) is 10.2. The Balaban J connectivity index is 1.86. The van der Waals surface area contributed by atoms with Gasteiger partial charge in [0.1, 0.15) is 0 Å². The van der Waals surface area contributed by atoms with Crippen molar-refractivity contribution in [2.75, 3.05) is 6.54 Å². The second-order valence-electron chi connectivity index (χ2n) is 7.02. The van der Waals surface area contributed by atoms with Gasteiger partial charge in [-0.25, -0.2) is 0 Å². The van der Waals surface area contributed by atoms with E-state index < -0.39 is 0 Å². The number of pyridine rings is 1. The summed E-state index contributed by atoms with van der Waals surface area (Å²) in [6.07, 6.45) is 3.51. The van der Waals surface area contributed by atoms with Gasteiger partial charge in [-0.1, -0.05) is 55.9 Å². The molecular weight excluding hydrogens is 370 g/mol. The fourth-order valence-corrected chi connectivity index (χ4v) is 3.53. The highest BCUT2D eigenvalue weighted by molar-refractivity contribution is 8.00. The summed E-state index contributed by atoms with van der Waals surface area (Å²) in [4.78, 5) is 16.6. The smallest absolute Gasteiger partial charge is 0.233 e. The van der Waals surface area contributed by atoms with E-state index in [1.807, 2.05) is 41.8 Å². The Bertz CT molecular complexity index is 896. The Morgan fingerprint density at radius 1 is 1.11 bits per heavy atom. The first-order valence-electron chi connectivity index (χ1n) is 9.36. The molecule has 6 nitrogen and oxygen atoms in total. The zero-order valence-corrected chi connectivity index (χ0v) is 17.2. The van der Waals surface area contributed by atoms with Crippen LogP contribution in [0.5, 0.6) is 0 Å². The van der Waals surface area contributed by atoms with Gasteiger partial charge in [0, 0.05) is 24.5 Å². The monoisotopic (exact) mass is 395 g/mol. The molecule has 0 aliphatic heterocycles. The van der Waals surface area contributed by atoms with Crippen LogP contribution in [0.15, 0.2) is 60.0 Å². The maximum absolute atomic E-state index is 12.4. The molecule has 1 aromatic carbocycles. The topological polar surface area (TPSA) is 72.7 Å². The largest absolute Gasteiger partial charge is 0.355 e. The van der Waals surface area contributed by atoms with Crippen LogP contribution < -0.4 is 5.32 Å². The van der Waals surface area contributed by atoms with Crippen molar-refractivity contribution >= 4 is 17.7 Å². The summed E-state index contributed by atoms with van der Waals surface area (Å²) in [5, 5.41) is 12.2. The third-order valence-corrected chi connectivity index (χ3v) is 5.24. The lowest BCUT2D eigenvalue weighted by molar-refractivity contribution is -0.120. The molecule has 1 unspecified atom stereocenters. The molecule has 0 aliphatic carbocycles. The first kappa shape index (κ1) is 20.1. The normalized spacial score (nSPS) is 12.1. The second-order valence-corrected chi connectivity index (χ2v) is 8.33. The van der Waals surface area contributed by atoms with Gasteiger partial charge in [-0.2, -0.15) is 0 Å². The molecule has 146 valence electrons. The lowest BCUT2D eigenvalue weighted by Crippen LogP contribution is -2.33. The van der Waals surface area contributed by atoms with Gasteiger partial charge in [0.2, 0.25) is 5.91 Å². The van der Waals surface area contributed by atoms with E-state index in [0.29, 0.717) is 19.0 Å². The standard InChI is InChI=1S/C21H25N5OS/c1-15(2)12-23-20(27)16(3)28-21-25-24-19(18-10-7-11-22-13-18)26(21)14-17-8-5-4-6-9-17/h4-11,13,15-16H,12,14H2,1-3H3,(H,23,27). The van der Waals surface area contributed by atoms with E-state index in [9.17, 15) is 4.79 Å². The minimum atomic E-state index is -0.265. The molecule has 0 fully saturated rings. The summed E-state index contributed by atoms with van der Waals surface area (Å²) in [5.41, 5.74) is 2.04. The Labute approximate surface area is 169 Å². The van der Waals surface area contributed by atoms with Crippen molar-refractivity contribution in [3.8, 4) is 11.4 Å². The third kappa shape index (κ3) is 5.19. The van der Waals surface area contributed by atoms with Gasteiger partial charge < -0.3 is 5.32 Å². The van der Waals surface area contributed by atoms with E-state index in [1.54, 1.807) is 12.4 Å². The van der Waals surface area contributed by atoms with Crippen LogP contribution in [0, 0.1) is 5.92 Å². The number of carbonyl (C=O) groups is 1. The Hall–Kier alpha value is -2.67. The number of nitrogens with one attached hydrogen (secondary N) is 1. The van der Waals surface area contributed by atoms with Crippen LogP contribution in [0.1, 0.15) is 26.3 Å². The number of hydrogen-bond donors (Lipinski definition) is 1. The van der Waals surface area contributed by atoms with Crippen LogP contribution in [-0.2, 0) is 11.3 Å². The lowest BCUT2D eigenvalue weighted by atomic mass is 10.2. The van der Waals surface area contributed by atoms with Crippen molar-refractivity contribution in [3.05, 3.63) is 60.4 Å². The van der Waals surface area contributed by atoms with Crippen molar-refractivity contribution in [2.24, 2.45) is 5.92 Å². The van der Waals surface area contributed by atoms with Crippen LogP contribution in [-0.4, -0.2) is 37.5 Å². The minimum Gasteiger partial charge on any atom is -0.355 e. The van der Waals surface area contributed by atoms with Crippen molar-refractivity contribution in [1.29, 1.82) is 0 Å². The number of hydrogen-bond acceptors (Lipinski definition) is 5. The summed E-state index contributed by atoms with van der Waals surface area (Å²) in [6, 6.07) is 14.0. The number of nitrogens with zero attached hydrogens (tertiary/aromatic N) is 4. The number of benzene rings is 1. The average Bonchev–Trinajstić information content (AvgIpc) is 3.09. The highest BCUT2D eigenvalue weighted by atomic mass is 32.2. The predicted molar refractivity (Wildman–Crippen MR) is 112 cm³/mol. The van der Waals surface area contributed by atoms with E-state index in [1.165, 1.54) is 11.8 Å². The van der Waals surface area contributed by atoms with Gasteiger partial charge >= 0.3 is 0 Å². The molecule has 0 saturated heterocycles. The minimum absolute atomic E-state index is 0.0101. The Kier molecular flexibility index (Phi) is 6.81. The number of thioether (sulfide) groups is 1. The quantitative estimate of drug-likeness (QED) is 0.590. The molecule has 1 atom stereocenters. The van der Waals surface area contributed by atoms with E-state index in [0.717, 1.165) is 22.1 Å². The zero-order chi connectivity index (χ0) is 19.9. The summed E-state index contributed by atoms with van der Waals surface area (Å²) in [6.45, 7) is 7.34. The van der Waals surface area contributed by atoms with Gasteiger partial charge in [-0.3, -0.25) is 14.3 Å². The van der Waals surface area contributed by atoms with Gasteiger partial charge in [-0.15, -0.1) is 10.2 Å². The maximum Gasteiger partial charge on any atom is 0.233 e. The number of rotatable bonds is 8. The fraction of sp³-hybridized carbons (Fsp3) is 0.333. The van der Waals surface area contributed by atoms with Gasteiger partial charge in [0.15, 0.2) is 11.0 Å². The molecule has 28 heavy (non-hydrogen) atoms. The molecule has 3 rings (SSSR count).